The zero-order valence-electron chi connectivity index (χ0n) is 18.1. The van der Waals surface area contributed by atoms with Crippen molar-refractivity contribution in [3.8, 4) is 17.2 Å². The van der Waals surface area contributed by atoms with Gasteiger partial charge in [0, 0.05) is 12.1 Å². The van der Waals surface area contributed by atoms with Crippen LogP contribution in [0.5, 0.6) is 17.2 Å². The van der Waals surface area contributed by atoms with E-state index in [1.807, 2.05) is 60.7 Å². The van der Waals surface area contributed by atoms with Crippen LogP contribution in [0.2, 0.25) is 0 Å². The lowest BCUT2D eigenvalue weighted by Gasteiger charge is -2.13. The fourth-order valence-corrected chi connectivity index (χ4v) is 3.02. The SMILES string of the molecule is CCCCOc1ccc(CNC(=O)c2cccc(OCc3ccccc3)c2)cc1OC. The number of hydrogen-bond acceptors (Lipinski definition) is 4. The third-order valence-electron chi connectivity index (χ3n) is 4.78. The number of nitrogens with one attached hydrogen (secondary N) is 1. The van der Waals surface area contributed by atoms with Crippen LogP contribution >= 0.6 is 0 Å². The molecule has 31 heavy (non-hydrogen) atoms. The Labute approximate surface area is 184 Å². The molecule has 0 saturated carbocycles. The third kappa shape index (κ3) is 6.78. The van der Waals surface area contributed by atoms with Gasteiger partial charge in [-0.25, -0.2) is 0 Å². The van der Waals surface area contributed by atoms with E-state index in [0.717, 1.165) is 24.0 Å². The van der Waals surface area contributed by atoms with Crippen molar-refractivity contribution in [1.29, 1.82) is 0 Å². The van der Waals surface area contributed by atoms with Gasteiger partial charge < -0.3 is 19.5 Å². The normalized spacial score (nSPS) is 10.4. The first-order chi connectivity index (χ1) is 15.2. The molecular weight excluding hydrogens is 390 g/mol. The van der Waals surface area contributed by atoms with Gasteiger partial charge >= 0.3 is 0 Å². The number of unbranched alkanes of at least 4 members (excludes halogenated alkanes) is 1. The molecule has 3 aromatic rings. The zero-order valence-corrected chi connectivity index (χ0v) is 18.1. The van der Waals surface area contributed by atoms with Gasteiger partial charge in [0.25, 0.3) is 5.91 Å². The van der Waals surface area contributed by atoms with Crippen LogP contribution in [0.15, 0.2) is 72.8 Å². The number of methoxy groups -OCH3 is 1. The van der Waals surface area contributed by atoms with E-state index in [1.54, 1.807) is 19.2 Å². The summed E-state index contributed by atoms with van der Waals surface area (Å²) in [5, 5.41) is 2.95. The summed E-state index contributed by atoms with van der Waals surface area (Å²) >= 11 is 0. The van der Waals surface area contributed by atoms with Crippen LogP contribution in [0.25, 0.3) is 0 Å². The minimum atomic E-state index is -0.160. The maximum Gasteiger partial charge on any atom is 0.251 e. The predicted molar refractivity (Wildman–Crippen MR) is 122 cm³/mol. The minimum Gasteiger partial charge on any atom is -0.493 e. The first kappa shape index (κ1) is 22.2. The van der Waals surface area contributed by atoms with Crippen molar-refractivity contribution in [2.75, 3.05) is 13.7 Å². The molecule has 5 nitrogen and oxygen atoms in total. The molecule has 1 amide bonds. The smallest absolute Gasteiger partial charge is 0.251 e. The molecule has 0 heterocycles. The summed E-state index contributed by atoms with van der Waals surface area (Å²) in [7, 11) is 1.62. The standard InChI is InChI=1S/C26H29NO4/c1-3-4-15-30-24-14-13-21(16-25(24)29-2)18-27-26(28)22-11-8-12-23(17-22)31-19-20-9-6-5-7-10-20/h5-14,16-17H,3-4,15,18-19H2,1-2H3,(H,27,28). The van der Waals surface area contributed by atoms with Crippen molar-refractivity contribution in [3.63, 3.8) is 0 Å². The minimum absolute atomic E-state index is 0.160. The molecule has 0 unspecified atom stereocenters. The van der Waals surface area contributed by atoms with Gasteiger partial charge in [-0.05, 0) is 47.9 Å². The second kappa shape index (κ2) is 11.6. The van der Waals surface area contributed by atoms with Crippen LogP contribution in [0.4, 0.5) is 0 Å². The predicted octanol–water partition coefficient (Wildman–Crippen LogP) is 5.38. The summed E-state index contributed by atoms with van der Waals surface area (Å²) in [5.74, 6) is 1.88. The number of benzene rings is 3. The van der Waals surface area contributed by atoms with Crippen LogP contribution < -0.4 is 19.5 Å². The van der Waals surface area contributed by atoms with Gasteiger partial charge in [-0.15, -0.1) is 0 Å². The van der Waals surface area contributed by atoms with Crippen LogP contribution in [-0.4, -0.2) is 19.6 Å². The fraction of sp³-hybridized carbons (Fsp3) is 0.269. The van der Waals surface area contributed by atoms with Gasteiger partial charge in [0.05, 0.1) is 13.7 Å². The molecule has 162 valence electrons. The molecule has 0 bridgehead atoms. The molecule has 0 saturated heterocycles. The van der Waals surface area contributed by atoms with Crippen molar-refractivity contribution < 1.29 is 19.0 Å². The molecule has 0 aliphatic heterocycles. The van der Waals surface area contributed by atoms with Crippen molar-refractivity contribution in [1.82, 2.24) is 5.32 Å². The summed E-state index contributed by atoms with van der Waals surface area (Å²) in [5.41, 5.74) is 2.56. The number of ether oxygens (including phenoxy) is 3. The Morgan fingerprint density at radius 1 is 0.871 bits per heavy atom. The molecule has 0 atom stereocenters. The molecule has 3 rings (SSSR count). The van der Waals surface area contributed by atoms with E-state index in [1.165, 1.54) is 0 Å². The van der Waals surface area contributed by atoms with Gasteiger partial charge in [-0.2, -0.15) is 0 Å². The van der Waals surface area contributed by atoms with Gasteiger partial charge in [0.15, 0.2) is 11.5 Å². The maximum absolute atomic E-state index is 12.6. The zero-order chi connectivity index (χ0) is 21.9. The highest BCUT2D eigenvalue weighted by Gasteiger charge is 2.09. The summed E-state index contributed by atoms with van der Waals surface area (Å²) in [4.78, 5) is 12.6. The van der Waals surface area contributed by atoms with Crippen molar-refractivity contribution in [2.45, 2.75) is 32.9 Å². The highest BCUT2D eigenvalue weighted by atomic mass is 16.5. The van der Waals surface area contributed by atoms with E-state index in [9.17, 15) is 4.79 Å². The highest BCUT2D eigenvalue weighted by molar-refractivity contribution is 5.94. The van der Waals surface area contributed by atoms with E-state index in [4.69, 9.17) is 14.2 Å². The number of carbonyl (C=O) groups is 1. The summed E-state index contributed by atoms with van der Waals surface area (Å²) < 4.78 is 17.0. The molecular formula is C26H29NO4. The average molecular weight is 420 g/mol. The monoisotopic (exact) mass is 419 g/mol. The Morgan fingerprint density at radius 2 is 1.71 bits per heavy atom. The van der Waals surface area contributed by atoms with Crippen LogP contribution in [0, 0.1) is 0 Å². The largest absolute Gasteiger partial charge is 0.493 e. The second-order valence-corrected chi connectivity index (χ2v) is 7.17. The van der Waals surface area contributed by atoms with E-state index in [0.29, 0.717) is 42.6 Å². The van der Waals surface area contributed by atoms with Gasteiger partial charge in [0.2, 0.25) is 0 Å². The Hall–Kier alpha value is -3.47. The fourth-order valence-electron chi connectivity index (χ4n) is 3.02. The lowest BCUT2D eigenvalue weighted by molar-refractivity contribution is 0.0950. The molecule has 5 heteroatoms. The van der Waals surface area contributed by atoms with Crippen LogP contribution in [0.1, 0.15) is 41.3 Å². The van der Waals surface area contributed by atoms with E-state index >= 15 is 0 Å². The van der Waals surface area contributed by atoms with Gasteiger partial charge in [-0.3, -0.25) is 4.79 Å². The van der Waals surface area contributed by atoms with Crippen LogP contribution in [-0.2, 0) is 13.2 Å². The molecule has 0 aromatic heterocycles. The van der Waals surface area contributed by atoms with Gasteiger partial charge in [-0.1, -0.05) is 55.8 Å². The van der Waals surface area contributed by atoms with Crippen LogP contribution in [0.3, 0.4) is 0 Å². The molecule has 0 aliphatic rings. The molecule has 0 spiro atoms. The maximum atomic E-state index is 12.6. The Morgan fingerprint density at radius 3 is 2.48 bits per heavy atom. The Balaban J connectivity index is 1.56. The third-order valence-corrected chi connectivity index (χ3v) is 4.78. The lowest BCUT2D eigenvalue weighted by Crippen LogP contribution is -2.22. The van der Waals surface area contributed by atoms with E-state index in [2.05, 4.69) is 12.2 Å². The summed E-state index contributed by atoms with van der Waals surface area (Å²) in [6.45, 7) is 3.63. The first-order valence-electron chi connectivity index (χ1n) is 10.5. The number of rotatable bonds is 11. The van der Waals surface area contributed by atoms with Crippen molar-refractivity contribution >= 4 is 5.91 Å². The van der Waals surface area contributed by atoms with E-state index < -0.39 is 0 Å². The lowest BCUT2D eigenvalue weighted by atomic mass is 10.1. The number of hydrogen-bond donors (Lipinski definition) is 1. The van der Waals surface area contributed by atoms with Crippen molar-refractivity contribution in [2.24, 2.45) is 0 Å². The average Bonchev–Trinajstić information content (AvgIpc) is 2.82. The number of amides is 1. The Bertz CT molecular complexity index is 972. The highest BCUT2D eigenvalue weighted by Crippen LogP contribution is 2.28. The summed E-state index contributed by atoms with van der Waals surface area (Å²) in [6, 6.07) is 22.8. The summed E-state index contributed by atoms with van der Waals surface area (Å²) in [6.07, 6.45) is 2.07. The van der Waals surface area contributed by atoms with Crippen molar-refractivity contribution in [3.05, 3.63) is 89.5 Å². The molecule has 0 aliphatic carbocycles. The quantitative estimate of drug-likeness (QED) is 0.424. The molecule has 3 aromatic carbocycles. The topological polar surface area (TPSA) is 56.8 Å². The Kier molecular flexibility index (Phi) is 8.35. The van der Waals surface area contributed by atoms with Gasteiger partial charge in [0.1, 0.15) is 12.4 Å². The molecule has 0 fully saturated rings. The number of carbonyl (C=O) groups excluding carboxylic acids is 1. The first-order valence-corrected chi connectivity index (χ1v) is 10.5. The molecule has 1 N–H and O–H groups in total. The second-order valence-electron chi connectivity index (χ2n) is 7.17. The van der Waals surface area contributed by atoms with E-state index in [-0.39, 0.29) is 5.91 Å². The molecule has 0 radical (unpaired) electrons.